The number of sulfonamides is 1. The van der Waals surface area contributed by atoms with Crippen LogP contribution in [0.25, 0.3) is 0 Å². The molecule has 22 heavy (non-hydrogen) atoms. The average molecular weight is 404 g/mol. The Kier molecular flexibility index (Phi) is 4.40. The summed E-state index contributed by atoms with van der Waals surface area (Å²) in [5.41, 5.74) is 0. The second kappa shape index (κ2) is 6.16. The molecule has 0 radical (unpaired) electrons. The Balaban J connectivity index is 1.65. The lowest BCUT2D eigenvalue weighted by atomic mass is 10.2. The van der Waals surface area contributed by atoms with Gasteiger partial charge in [-0.15, -0.1) is 0 Å². The zero-order valence-corrected chi connectivity index (χ0v) is 14.5. The Morgan fingerprint density at radius 2 is 1.91 bits per heavy atom. The van der Waals surface area contributed by atoms with Crippen LogP contribution >= 0.6 is 27.5 Å². The van der Waals surface area contributed by atoms with E-state index in [1.54, 1.807) is 42.6 Å². The highest BCUT2D eigenvalue weighted by atomic mass is 79.9. The van der Waals surface area contributed by atoms with Crippen molar-refractivity contribution in [1.82, 2.24) is 9.29 Å². The summed E-state index contributed by atoms with van der Waals surface area (Å²) in [7, 11) is -3.48. The smallest absolute Gasteiger partial charge is 0.243 e. The highest BCUT2D eigenvalue weighted by Gasteiger charge is 2.38. The van der Waals surface area contributed by atoms with Gasteiger partial charge in [-0.25, -0.2) is 13.4 Å². The third-order valence-corrected chi connectivity index (χ3v) is 5.93. The fraction of sp³-hybridized carbons (Fsp3) is 0.214. The van der Waals surface area contributed by atoms with Crippen LogP contribution in [0.3, 0.4) is 0 Å². The highest BCUT2D eigenvalue weighted by molar-refractivity contribution is 9.10. The molecule has 1 aliphatic heterocycles. The summed E-state index contributed by atoms with van der Waals surface area (Å²) in [6, 6.07) is 9.94. The molecule has 3 rings (SSSR count). The van der Waals surface area contributed by atoms with Crippen molar-refractivity contribution in [3.8, 4) is 5.88 Å². The number of nitrogens with zero attached hydrogens (tertiary/aromatic N) is 2. The van der Waals surface area contributed by atoms with Crippen molar-refractivity contribution in [2.75, 3.05) is 13.1 Å². The van der Waals surface area contributed by atoms with Gasteiger partial charge in [0.05, 0.1) is 18.0 Å². The van der Waals surface area contributed by atoms with E-state index in [9.17, 15) is 8.42 Å². The maximum absolute atomic E-state index is 12.4. The molecule has 116 valence electrons. The SMILES string of the molecule is O=S(=O)(c1ccc(Br)cc1)N1CC(Oc2ncccc2Cl)C1. The fourth-order valence-electron chi connectivity index (χ4n) is 2.04. The van der Waals surface area contributed by atoms with Crippen LogP contribution < -0.4 is 4.74 Å². The van der Waals surface area contributed by atoms with E-state index in [1.807, 2.05) is 0 Å². The lowest BCUT2D eigenvalue weighted by Gasteiger charge is -2.37. The minimum atomic E-state index is -3.48. The summed E-state index contributed by atoms with van der Waals surface area (Å²) in [6.07, 6.45) is 1.34. The maximum Gasteiger partial charge on any atom is 0.243 e. The van der Waals surface area contributed by atoms with E-state index in [4.69, 9.17) is 16.3 Å². The van der Waals surface area contributed by atoms with Gasteiger partial charge >= 0.3 is 0 Å². The van der Waals surface area contributed by atoms with Crippen LogP contribution in [0.5, 0.6) is 5.88 Å². The summed E-state index contributed by atoms with van der Waals surface area (Å²) in [4.78, 5) is 4.30. The summed E-state index contributed by atoms with van der Waals surface area (Å²) < 4.78 is 32.6. The van der Waals surface area contributed by atoms with Crippen molar-refractivity contribution in [1.29, 1.82) is 0 Å². The fourth-order valence-corrected chi connectivity index (χ4v) is 3.98. The monoisotopic (exact) mass is 402 g/mol. The number of hydrogen-bond acceptors (Lipinski definition) is 4. The Morgan fingerprint density at radius 3 is 2.55 bits per heavy atom. The van der Waals surface area contributed by atoms with Gasteiger partial charge in [0, 0.05) is 10.7 Å². The molecule has 0 amide bonds. The molecular formula is C14H12BrClN2O3S. The normalized spacial score (nSPS) is 16.3. The summed E-state index contributed by atoms with van der Waals surface area (Å²) >= 11 is 9.25. The van der Waals surface area contributed by atoms with Crippen LogP contribution in [-0.4, -0.2) is 36.9 Å². The molecule has 2 aromatic rings. The molecule has 8 heteroatoms. The topological polar surface area (TPSA) is 59.5 Å². The highest BCUT2D eigenvalue weighted by Crippen LogP contribution is 2.27. The molecule has 2 heterocycles. The minimum Gasteiger partial charge on any atom is -0.470 e. The van der Waals surface area contributed by atoms with Crippen molar-refractivity contribution in [2.45, 2.75) is 11.0 Å². The third kappa shape index (κ3) is 3.12. The molecule has 5 nitrogen and oxygen atoms in total. The first kappa shape index (κ1) is 15.7. The van der Waals surface area contributed by atoms with Gasteiger partial charge in [-0.2, -0.15) is 4.31 Å². The lowest BCUT2D eigenvalue weighted by molar-refractivity contribution is 0.0722. The van der Waals surface area contributed by atoms with E-state index in [0.29, 0.717) is 10.9 Å². The first-order valence-corrected chi connectivity index (χ1v) is 9.11. The summed E-state index contributed by atoms with van der Waals surface area (Å²) in [5.74, 6) is 0.329. The van der Waals surface area contributed by atoms with Crippen LogP contribution in [0.15, 0.2) is 52.0 Å². The van der Waals surface area contributed by atoms with Gasteiger partial charge in [0.25, 0.3) is 0 Å². The van der Waals surface area contributed by atoms with Crippen molar-refractivity contribution >= 4 is 37.6 Å². The molecule has 1 fully saturated rings. The number of benzene rings is 1. The minimum absolute atomic E-state index is 0.238. The molecule has 1 aromatic carbocycles. The van der Waals surface area contributed by atoms with Gasteiger partial charge < -0.3 is 4.74 Å². The van der Waals surface area contributed by atoms with Crippen molar-refractivity contribution in [3.63, 3.8) is 0 Å². The number of pyridine rings is 1. The van der Waals surface area contributed by atoms with Crippen molar-refractivity contribution < 1.29 is 13.2 Å². The molecule has 0 bridgehead atoms. The Hall–Kier alpha value is -1.15. The van der Waals surface area contributed by atoms with E-state index in [0.717, 1.165) is 4.47 Å². The first-order valence-electron chi connectivity index (χ1n) is 6.50. The zero-order chi connectivity index (χ0) is 15.7. The molecule has 0 spiro atoms. The first-order chi connectivity index (χ1) is 10.5. The van der Waals surface area contributed by atoms with Gasteiger partial charge in [-0.1, -0.05) is 27.5 Å². The van der Waals surface area contributed by atoms with Gasteiger partial charge in [0.2, 0.25) is 15.9 Å². The van der Waals surface area contributed by atoms with E-state index >= 15 is 0 Å². The Labute approximate surface area is 142 Å². The van der Waals surface area contributed by atoms with E-state index in [-0.39, 0.29) is 24.1 Å². The number of halogens is 2. The Bertz CT molecular complexity index is 777. The standard InChI is InChI=1S/C14H12BrClN2O3S/c15-10-3-5-12(6-4-10)22(19,20)18-8-11(9-18)21-14-13(16)2-1-7-17-14/h1-7,11H,8-9H2. The van der Waals surface area contributed by atoms with Crippen molar-refractivity contribution in [2.24, 2.45) is 0 Å². The lowest BCUT2D eigenvalue weighted by Crippen LogP contribution is -2.56. The molecule has 1 aromatic heterocycles. The third-order valence-electron chi connectivity index (χ3n) is 3.27. The van der Waals surface area contributed by atoms with Gasteiger partial charge in [-0.3, -0.25) is 0 Å². The molecule has 0 aliphatic carbocycles. The average Bonchev–Trinajstić information content (AvgIpc) is 2.44. The van der Waals surface area contributed by atoms with Gasteiger partial charge in [0.1, 0.15) is 11.1 Å². The number of aromatic nitrogens is 1. The van der Waals surface area contributed by atoms with Crippen LogP contribution in [0.1, 0.15) is 0 Å². The quantitative estimate of drug-likeness (QED) is 0.787. The predicted octanol–water partition coefficient (Wildman–Crippen LogP) is 2.95. The Morgan fingerprint density at radius 1 is 1.23 bits per heavy atom. The van der Waals surface area contributed by atoms with E-state index in [1.165, 1.54) is 4.31 Å². The molecule has 0 N–H and O–H groups in total. The van der Waals surface area contributed by atoms with Crippen LogP contribution in [0.2, 0.25) is 5.02 Å². The van der Waals surface area contributed by atoms with E-state index < -0.39 is 10.0 Å². The largest absolute Gasteiger partial charge is 0.470 e. The number of ether oxygens (including phenoxy) is 1. The summed E-state index contributed by atoms with van der Waals surface area (Å²) in [6.45, 7) is 0.566. The second-order valence-corrected chi connectivity index (χ2v) is 8.07. The molecule has 0 atom stereocenters. The number of rotatable bonds is 4. The maximum atomic E-state index is 12.4. The second-order valence-electron chi connectivity index (χ2n) is 4.81. The molecular weight excluding hydrogens is 392 g/mol. The number of hydrogen-bond donors (Lipinski definition) is 0. The van der Waals surface area contributed by atoms with Crippen LogP contribution in [-0.2, 0) is 10.0 Å². The van der Waals surface area contributed by atoms with Gasteiger partial charge in [-0.05, 0) is 36.4 Å². The predicted molar refractivity (Wildman–Crippen MR) is 86.6 cm³/mol. The molecule has 0 unspecified atom stereocenters. The summed E-state index contributed by atoms with van der Waals surface area (Å²) in [5, 5.41) is 0.414. The van der Waals surface area contributed by atoms with Crippen molar-refractivity contribution in [3.05, 3.63) is 52.1 Å². The van der Waals surface area contributed by atoms with E-state index in [2.05, 4.69) is 20.9 Å². The molecule has 1 aliphatic rings. The zero-order valence-electron chi connectivity index (χ0n) is 11.3. The van der Waals surface area contributed by atoms with Crippen LogP contribution in [0.4, 0.5) is 0 Å². The van der Waals surface area contributed by atoms with Gasteiger partial charge in [0.15, 0.2) is 0 Å². The van der Waals surface area contributed by atoms with Crippen LogP contribution in [0, 0.1) is 0 Å². The molecule has 0 saturated carbocycles. The molecule has 1 saturated heterocycles.